The molecular formula is C15H17BrFNS. The topological polar surface area (TPSA) is 26.0 Å². The summed E-state index contributed by atoms with van der Waals surface area (Å²) in [4.78, 5) is 2.24. The van der Waals surface area contributed by atoms with Gasteiger partial charge in [0, 0.05) is 15.8 Å². The molecule has 0 amide bonds. The number of rotatable bonds is 4. The van der Waals surface area contributed by atoms with Crippen molar-refractivity contribution < 1.29 is 4.39 Å². The molecule has 0 fully saturated rings. The van der Waals surface area contributed by atoms with E-state index in [1.165, 1.54) is 4.88 Å². The third kappa shape index (κ3) is 3.25. The van der Waals surface area contributed by atoms with Crippen molar-refractivity contribution in [3.8, 4) is 10.4 Å². The van der Waals surface area contributed by atoms with Gasteiger partial charge in [-0.05, 0) is 64.7 Å². The summed E-state index contributed by atoms with van der Waals surface area (Å²) in [7, 11) is 0. The molecule has 2 rings (SSSR count). The Labute approximate surface area is 125 Å². The van der Waals surface area contributed by atoms with Crippen LogP contribution in [-0.4, -0.2) is 0 Å². The number of benzene rings is 1. The molecule has 0 aliphatic heterocycles. The van der Waals surface area contributed by atoms with E-state index in [0.717, 1.165) is 28.8 Å². The molecule has 0 saturated carbocycles. The van der Waals surface area contributed by atoms with Crippen LogP contribution in [0.3, 0.4) is 0 Å². The highest BCUT2D eigenvalue weighted by Gasteiger charge is 2.12. The Kier molecular flexibility index (Phi) is 4.76. The van der Waals surface area contributed by atoms with E-state index in [4.69, 9.17) is 5.73 Å². The van der Waals surface area contributed by atoms with Gasteiger partial charge in [-0.1, -0.05) is 13.3 Å². The zero-order chi connectivity index (χ0) is 14.0. The number of hydrogen-bond acceptors (Lipinski definition) is 2. The van der Waals surface area contributed by atoms with Gasteiger partial charge in [-0.15, -0.1) is 11.3 Å². The maximum Gasteiger partial charge on any atom is 0.138 e. The van der Waals surface area contributed by atoms with Crippen molar-refractivity contribution in [1.82, 2.24) is 0 Å². The fraction of sp³-hybridized carbons (Fsp3) is 0.333. The molecule has 1 aromatic carbocycles. The van der Waals surface area contributed by atoms with Crippen LogP contribution in [0.25, 0.3) is 10.4 Å². The average molecular weight is 342 g/mol. The summed E-state index contributed by atoms with van der Waals surface area (Å²) in [6, 6.07) is 7.57. The normalized spacial score (nSPS) is 12.7. The molecule has 1 unspecified atom stereocenters. The lowest BCUT2D eigenvalue weighted by Crippen LogP contribution is -2.07. The molecule has 1 atom stereocenters. The quantitative estimate of drug-likeness (QED) is 0.788. The van der Waals surface area contributed by atoms with Gasteiger partial charge in [0.25, 0.3) is 0 Å². The smallest absolute Gasteiger partial charge is 0.138 e. The third-order valence-corrected chi connectivity index (χ3v) is 4.98. The molecule has 2 N–H and O–H groups in total. The Morgan fingerprint density at radius 1 is 1.37 bits per heavy atom. The SMILES string of the molecule is CCCC(N)c1ccc(-c2cc(F)c(Br)cc2C)s1. The van der Waals surface area contributed by atoms with E-state index in [-0.39, 0.29) is 11.9 Å². The van der Waals surface area contributed by atoms with Gasteiger partial charge in [-0.25, -0.2) is 4.39 Å². The Balaban J connectivity index is 2.35. The first-order chi connectivity index (χ1) is 9.02. The number of hydrogen-bond donors (Lipinski definition) is 1. The number of aryl methyl sites for hydroxylation is 1. The van der Waals surface area contributed by atoms with Gasteiger partial charge in [0.15, 0.2) is 0 Å². The van der Waals surface area contributed by atoms with Crippen molar-refractivity contribution in [3.63, 3.8) is 0 Å². The molecule has 1 nitrogen and oxygen atoms in total. The number of halogens is 2. The molecule has 19 heavy (non-hydrogen) atoms. The van der Waals surface area contributed by atoms with E-state index < -0.39 is 0 Å². The van der Waals surface area contributed by atoms with Crippen molar-refractivity contribution in [2.45, 2.75) is 32.7 Å². The first-order valence-electron chi connectivity index (χ1n) is 6.34. The van der Waals surface area contributed by atoms with E-state index in [1.807, 2.05) is 19.1 Å². The Bertz CT molecular complexity index is 580. The minimum atomic E-state index is -0.228. The largest absolute Gasteiger partial charge is 0.323 e. The van der Waals surface area contributed by atoms with Crippen LogP contribution in [0, 0.1) is 12.7 Å². The summed E-state index contributed by atoms with van der Waals surface area (Å²) in [6.45, 7) is 4.12. The predicted octanol–water partition coefficient (Wildman–Crippen LogP) is 5.43. The zero-order valence-corrected chi connectivity index (χ0v) is 13.4. The fourth-order valence-corrected chi connectivity index (χ4v) is 3.64. The molecule has 2 aromatic rings. The molecular weight excluding hydrogens is 325 g/mol. The summed E-state index contributed by atoms with van der Waals surface area (Å²) in [5.74, 6) is -0.228. The molecule has 0 saturated heterocycles. The number of nitrogens with two attached hydrogens (primary N) is 1. The molecule has 1 heterocycles. The Morgan fingerprint density at radius 2 is 2.11 bits per heavy atom. The van der Waals surface area contributed by atoms with Gasteiger partial charge in [-0.2, -0.15) is 0 Å². The summed E-state index contributed by atoms with van der Waals surface area (Å²) >= 11 is 4.87. The lowest BCUT2D eigenvalue weighted by Gasteiger charge is -2.07. The van der Waals surface area contributed by atoms with Crippen LogP contribution in [0.15, 0.2) is 28.7 Å². The van der Waals surface area contributed by atoms with E-state index >= 15 is 0 Å². The minimum absolute atomic E-state index is 0.0874. The minimum Gasteiger partial charge on any atom is -0.323 e. The molecule has 0 bridgehead atoms. The third-order valence-electron chi connectivity index (χ3n) is 3.12. The summed E-state index contributed by atoms with van der Waals surface area (Å²) < 4.78 is 14.2. The van der Waals surface area contributed by atoms with E-state index in [0.29, 0.717) is 4.47 Å². The lowest BCUT2D eigenvalue weighted by atomic mass is 10.1. The summed E-state index contributed by atoms with van der Waals surface area (Å²) in [5.41, 5.74) is 8.12. The van der Waals surface area contributed by atoms with Crippen molar-refractivity contribution in [2.24, 2.45) is 5.73 Å². The second-order valence-electron chi connectivity index (χ2n) is 4.68. The molecule has 1 aromatic heterocycles. The second-order valence-corrected chi connectivity index (χ2v) is 6.65. The lowest BCUT2D eigenvalue weighted by molar-refractivity contribution is 0.621. The molecule has 4 heteroatoms. The van der Waals surface area contributed by atoms with Crippen LogP contribution in [0.2, 0.25) is 0 Å². The van der Waals surface area contributed by atoms with Crippen molar-refractivity contribution >= 4 is 27.3 Å². The molecule has 0 spiro atoms. The van der Waals surface area contributed by atoms with Crippen LogP contribution >= 0.6 is 27.3 Å². The van der Waals surface area contributed by atoms with Crippen molar-refractivity contribution in [3.05, 3.63) is 45.0 Å². The van der Waals surface area contributed by atoms with Crippen LogP contribution in [0.4, 0.5) is 4.39 Å². The number of thiophene rings is 1. The predicted molar refractivity (Wildman–Crippen MR) is 84.0 cm³/mol. The highest BCUT2D eigenvalue weighted by Crippen LogP contribution is 2.35. The van der Waals surface area contributed by atoms with Gasteiger partial charge >= 0.3 is 0 Å². The Morgan fingerprint density at radius 3 is 2.79 bits per heavy atom. The first kappa shape index (κ1) is 14.7. The highest BCUT2D eigenvalue weighted by atomic mass is 79.9. The van der Waals surface area contributed by atoms with Crippen molar-refractivity contribution in [1.29, 1.82) is 0 Å². The molecule has 0 aliphatic rings. The zero-order valence-electron chi connectivity index (χ0n) is 11.0. The van der Waals surface area contributed by atoms with Gasteiger partial charge < -0.3 is 5.73 Å². The van der Waals surface area contributed by atoms with Crippen LogP contribution in [-0.2, 0) is 0 Å². The van der Waals surface area contributed by atoms with Crippen LogP contribution < -0.4 is 5.73 Å². The standard InChI is InChI=1S/C15H17BrFNS/c1-3-4-13(18)15-6-5-14(19-15)10-8-12(17)11(16)7-9(10)2/h5-8,13H,3-4,18H2,1-2H3. The fourth-order valence-electron chi connectivity index (χ4n) is 2.06. The molecule has 0 radical (unpaired) electrons. The monoisotopic (exact) mass is 341 g/mol. The van der Waals surface area contributed by atoms with Crippen LogP contribution in [0.5, 0.6) is 0 Å². The second kappa shape index (κ2) is 6.16. The van der Waals surface area contributed by atoms with E-state index in [2.05, 4.69) is 28.9 Å². The van der Waals surface area contributed by atoms with E-state index in [1.54, 1.807) is 17.4 Å². The van der Waals surface area contributed by atoms with Gasteiger partial charge in [0.2, 0.25) is 0 Å². The van der Waals surface area contributed by atoms with E-state index in [9.17, 15) is 4.39 Å². The molecule has 102 valence electrons. The summed E-state index contributed by atoms with van der Waals surface area (Å²) in [6.07, 6.45) is 2.05. The van der Waals surface area contributed by atoms with Crippen LogP contribution in [0.1, 0.15) is 36.2 Å². The van der Waals surface area contributed by atoms with Crippen molar-refractivity contribution in [2.75, 3.05) is 0 Å². The first-order valence-corrected chi connectivity index (χ1v) is 7.95. The Hall–Kier alpha value is -0.710. The van der Waals surface area contributed by atoms with Gasteiger partial charge in [0.05, 0.1) is 4.47 Å². The van der Waals surface area contributed by atoms with Gasteiger partial charge in [0.1, 0.15) is 5.82 Å². The maximum atomic E-state index is 13.7. The maximum absolute atomic E-state index is 13.7. The highest BCUT2D eigenvalue weighted by molar-refractivity contribution is 9.10. The van der Waals surface area contributed by atoms with Gasteiger partial charge in [-0.3, -0.25) is 0 Å². The average Bonchev–Trinajstić information content (AvgIpc) is 2.83. The summed E-state index contributed by atoms with van der Waals surface area (Å²) in [5, 5.41) is 0. The molecule has 0 aliphatic carbocycles.